The minimum absolute atomic E-state index is 0.407. The molecule has 0 radical (unpaired) electrons. The Bertz CT molecular complexity index is 467. The summed E-state index contributed by atoms with van der Waals surface area (Å²) in [5.41, 5.74) is 0. The third-order valence-corrected chi connectivity index (χ3v) is 5.74. The van der Waals surface area contributed by atoms with Crippen LogP contribution in [0.3, 0.4) is 0 Å². The largest absolute Gasteiger partial charge is 0.312 e. The van der Waals surface area contributed by atoms with Crippen molar-refractivity contribution < 1.29 is 8.42 Å². The van der Waals surface area contributed by atoms with Gasteiger partial charge in [0.05, 0.1) is 0 Å². The maximum Gasteiger partial charge on any atom is 0.250 e. The van der Waals surface area contributed by atoms with Crippen molar-refractivity contribution in [3.63, 3.8) is 0 Å². The van der Waals surface area contributed by atoms with Crippen molar-refractivity contribution in [1.29, 1.82) is 0 Å². The van der Waals surface area contributed by atoms with Gasteiger partial charge in [-0.15, -0.1) is 11.3 Å². The van der Waals surface area contributed by atoms with Crippen molar-refractivity contribution in [3.8, 4) is 0 Å². The highest BCUT2D eigenvalue weighted by molar-refractivity contribution is 7.91. The molecule has 0 bridgehead atoms. The van der Waals surface area contributed by atoms with Gasteiger partial charge in [0.15, 0.2) is 0 Å². The Morgan fingerprint density at radius 3 is 2.68 bits per heavy atom. The number of hydrogen-bond acceptors (Lipinski definition) is 4. The monoisotopic (exact) mass is 304 g/mol. The Kier molecular flexibility index (Phi) is 6.99. The quantitative estimate of drug-likeness (QED) is 0.689. The Labute approximate surface area is 120 Å². The highest BCUT2D eigenvalue weighted by Gasteiger charge is 2.15. The highest BCUT2D eigenvalue weighted by Crippen LogP contribution is 2.21. The van der Waals surface area contributed by atoms with Crippen LogP contribution in [0.2, 0.25) is 0 Å². The number of sulfonamides is 1. The molecule has 0 aliphatic heterocycles. The summed E-state index contributed by atoms with van der Waals surface area (Å²) < 4.78 is 27.2. The van der Waals surface area contributed by atoms with Crippen LogP contribution in [-0.4, -0.2) is 21.5 Å². The van der Waals surface area contributed by atoms with E-state index >= 15 is 0 Å². The first-order valence-electron chi connectivity index (χ1n) is 6.74. The van der Waals surface area contributed by atoms with Crippen LogP contribution in [-0.2, 0) is 16.6 Å². The van der Waals surface area contributed by atoms with Gasteiger partial charge >= 0.3 is 0 Å². The van der Waals surface area contributed by atoms with Gasteiger partial charge in [-0.1, -0.05) is 20.8 Å². The highest BCUT2D eigenvalue weighted by atomic mass is 32.2. The van der Waals surface area contributed by atoms with E-state index in [0.29, 0.717) is 16.7 Å². The molecular weight excluding hydrogens is 280 g/mol. The molecule has 4 nitrogen and oxygen atoms in total. The SMILES string of the molecule is CCNCc1ccc(S(=O)(=O)NCCCC(C)C)s1. The minimum atomic E-state index is -3.32. The first kappa shape index (κ1) is 16.6. The zero-order valence-corrected chi connectivity index (χ0v) is 13.5. The standard InChI is InChI=1S/C13H24N2O2S2/c1-4-14-10-12-7-8-13(18-12)19(16,17)15-9-5-6-11(2)3/h7-8,11,14-15H,4-6,9-10H2,1-3H3. The Morgan fingerprint density at radius 1 is 1.32 bits per heavy atom. The predicted molar refractivity (Wildman–Crippen MR) is 81.0 cm³/mol. The molecule has 19 heavy (non-hydrogen) atoms. The fraction of sp³-hybridized carbons (Fsp3) is 0.692. The zero-order valence-electron chi connectivity index (χ0n) is 11.9. The predicted octanol–water partition coefficient (Wildman–Crippen LogP) is 2.57. The number of rotatable bonds is 9. The lowest BCUT2D eigenvalue weighted by Crippen LogP contribution is -2.24. The van der Waals surface area contributed by atoms with Crippen molar-refractivity contribution in [2.45, 2.75) is 44.4 Å². The fourth-order valence-corrected chi connectivity index (χ4v) is 4.08. The molecule has 0 saturated carbocycles. The summed E-state index contributed by atoms with van der Waals surface area (Å²) in [7, 11) is -3.32. The van der Waals surface area contributed by atoms with Gasteiger partial charge in [-0.3, -0.25) is 0 Å². The van der Waals surface area contributed by atoms with E-state index in [2.05, 4.69) is 23.9 Å². The number of nitrogens with one attached hydrogen (secondary N) is 2. The first-order valence-corrected chi connectivity index (χ1v) is 9.04. The van der Waals surface area contributed by atoms with Crippen LogP contribution in [0.5, 0.6) is 0 Å². The zero-order chi connectivity index (χ0) is 14.3. The lowest BCUT2D eigenvalue weighted by molar-refractivity contribution is 0.540. The Balaban J connectivity index is 2.50. The normalized spacial score (nSPS) is 12.2. The maximum absolute atomic E-state index is 12.0. The third kappa shape index (κ3) is 6.03. The molecule has 1 heterocycles. The van der Waals surface area contributed by atoms with Crippen molar-refractivity contribution >= 4 is 21.4 Å². The molecule has 1 rings (SSSR count). The summed E-state index contributed by atoms with van der Waals surface area (Å²) in [6.45, 7) is 8.43. The summed E-state index contributed by atoms with van der Waals surface area (Å²) in [6.07, 6.45) is 1.92. The van der Waals surface area contributed by atoms with E-state index in [0.717, 1.165) is 30.8 Å². The maximum atomic E-state index is 12.0. The molecule has 0 fully saturated rings. The van der Waals surface area contributed by atoms with Crippen LogP contribution in [0.15, 0.2) is 16.3 Å². The van der Waals surface area contributed by atoms with Crippen LogP contribution < -0.4 is 10.0 Å². The topological polar surface area (TPSA) is 58.2 Å². The summed E-state index contributed by atoms with van der Waals surface area (Å²) in [5.74, 6) is 0.609. The van der Waals surface area contributed by atoms with Crippen molar-refractivity contribution in [1.82, 2.24) is 10.0 Å². The van der Waals surface area contributed by atoms with Gasteiger partial charge in [-0.25, -0.2) is 13.1 Å². The molecular formula is C13H24N2O2S2. The molecule has 110 valence electrons. The van der Waals surface area contributed by atoms with E-state index in [1.165, 1.54) is 11.3 Å². The van der Waals surface area contributed by atoms with Crippen LogP contribution >= 0.6 is 11.3 Å². The van der Waals surface area contributed by atoms with E-state index in [9.17, 15) is 8.42 Å². The molecule has 6 heteroatoms. The summed E-state index contributed by atoms with van der Waals surface area (Å²) in [4.78, 5) is 1.05. The third-order valence-electron chi connectivity index (χ3n) is 2.70. The van der Waals surface area contributed by atoms with Crippen LogP contribution in [0.4, 0.5) is 0 Å². The molecule has 0 aliphatic rings. The smallest absolute Gasteiger partial charge is 0.250 e. The molecule has 0 unspecified atom stereocenters. The second kappa shape index (κ2) is 7.99. The average molecular weight is 304 g/mol. The molecule has 0 saturated heterocycles. The second-order valence-corrected chi connectivity index (χ2v) is 8.10. The van der Waals surface area contributed by atoms with E-state index in [1.54, 1.807) is 6.07 Å². The van der Waals surface area contributed by atoms with Crippen molar-refractivity contribution in [2.75, 3.05) is 13.1 Å². The van der Waals surface area contributed by atoms with Crippen LogP contribution in [0.25, 0.3) is 0 Å². The van der Waals surface area contributed by atoms with E-state index in [4.69, 9.17) is 0 Å². The second-order valence-electron chi connectivity index (χ2n) is 4.93. The van der Waals surface area contributed by atoms with Gasteiger partial charge in [0.2, 0.25) is 10.0 Å². The molecule has 0 aliphatic carbocycles. The number of hydrogen-bond donors (Lipinski definition) is 2. The van der Waals surface area contributed by atoms with Gasteiger partial charge in [0.1, 0.15) is 4.21 Å². The lowest BCUT2D eigenvalue weighted by Gasteiger charge is -2.06. The van der Waals surface area contributed by atoms with Crippen molar-refractivity contribution in [3.05, 3.63) is 17.0 Å². The summed E-state index contributed by atoms with van der Waals surface area (Å²) in [5, 5.41) is 3.19. The molecule has 0 aromatic carbocycles. The minimum Gasteiger partial charge on any atom is -0.312 e. The molecule has 1 aromatic rings. The summed E-state index contributed by atoms with van der Waals surface area (Å²) in [6, 6.07) is 3.55. The van der Waals surface area contributed by atoms with Gasteiger partial charge in [-0.2, -0.15) is 0 Å². The lowest BCUT2D eigenvalue weighted by atomic mass is 10.1. The van der Waals surface area contributed by atoms with Crippen molar-refractivity contribution in [2.24, 2.45) is 5.92 Å². The summed E-state index contributed by atoms with van der Waals surface area (Å²) >= 11 is 1.33. The van der Waals surface area contributed by atoms with Gasteiger partial charge in [0, 0.05) is 18.0 Å². The first-order chi connectivity index (χ1) is 8.95. The number of thiophene rings is 1. The van der Waals surface area contributed by atoms with Gasteiger partial charge in [0.25, 0.3) is 0 Å². The van der Waals surface area contributed by atoms with Gasteiger partial charge in [-0.05, 0) is 37.4 Å². The molecule has 0 amide bonds. The molecule has 0 spiro atoms. The van der Waals surface area contributed by atoms with Crippen LogP contribution in [0.1, 0.15) is 38.5 Å². The Hall–Kier alpha value is -0.430. The van der Waals surface area contributed by atoms with Gasteiger partial charge < -0.3 is 5.32 Å². The fourth-order valence-electron chi connectivity index (χ4n) is 1.63. The molecule has 0 atom stereocenters. The average Bonchev–Trinajstić information content (AvgIpc) is 2.81. The Morgan fingerprint density at radius 2 is 2.05 bits per heavy atom. The molecule has 1 aromatic heterocycles. The van der Waals surface area contributed by atoms with E-state index in [1.807, 2.05) is 13.0 Å². The van der Waals surface area contributed by atoms with E-state index in [-0.39, 0.29) is 0 Å². The molecule has 2 N–H and O–H groups in total. The van der Waals surface area contributed by atoms with Crippen LogP contribution in [0, 0.1) is 5.92 Å². The van der Waals surface area contributed by atoms with E-state index < -0.39 is 10.0 Å².